The van der Waals surface area contributed by atoms with Crippen LogP contribution in [0.15, 0.2) is 0 Å². The Bertz CT molecular complexity index is 1060. The molecule has 0 radical (unpaired) electrons. The van der Waals surface area contributed by atoms with E-state index in [0.717, 1.165) is 128 Å². The smallest absolute Gasteiger partial charge is 0.306 e. The summed E-state index contributed by atoms with van der Waals surface area (Å²) < 4.78 is 28.4. The van der Waals surface area contributed by atoms with Gasteiger partial charge in [-0.15, -0.1) is 0 Å². The van der Waals surface area contributed by atoms with Crippen molar-refractivity contribution in [2.45, 2.75) is 246 Å². The van der Waals surface area contributed by atoms with Gasteiger partial charge in [-0.25, -0.2) is 0 Å². The van der Waals surface area contributed by atoms with Gasteiger partial charge >= 0.3 is 29.8 Å². The standard InChI is InChI=1S/C46H82O11/c1-6-11-16-21-26-31-40(47)53-36-38(55-42(49)33-28-23-18-13-8-3)45(52)46(57-44(51)35-30-25-20-15-10-5)39(56-43(50)34-29-24-19-14-9-4)37-54-41(48)32-27-22-17-12-7-2/h38-39,46H,6-37H2,1-5H3/t38-,39-,46-/m1/s1. The normalized spacial score (nSPS) is 12.6. The molecule has 0 heterocycles. The molecule has 57 heavy (non-hydrogen) atoms. The summed E-state index contributed by atoms with van der Waals surface area (Å²) in [5, 5.41) is 0. The first-order valence-corrected chi connectivity index (χ1v) is 23.1. The molecule has 0 fully saturated rings. The Morgan fingerprint density at radius 2 is 0.632 bits per heavy atom. The largest absolute Gasteiger partial charge is 0.462 e. The molecule has 0 aliphatic carbocycles. The van der Waals surface area contributed by atoms with Crippen LogP contribution in [0.25, 0.3) is 0 Å². The van der Waals surface area contributed by atoms with Gasteiger partial charge in [0.1, 0.15) is 13.2 Å². The minimum atomic E-state index is -1.77. The van der Waals surface area contributed by atoms with Gasteiger partial charge in [-0.1, -0.05) is 163 Å². The number of ether oxygens (including phenoxy) is 5. The fourth-order valence-electron chi connectivity index (χ4n) is 6.36. The molecule has 0 unspecified atom stereocenters. The van der Waals surface area contributed by atoms with E-state index in [-0.39, 0.29) is 32.1 Å². The summed E-state index contributed by atoms with van der Waals surface area (Å²) in [7, 11) is 0. The second kappa shape index (κ2) is 38.5. The predicted octanol–water partition coefficient (Wildman–Crippen LogP) is 11.2. The first-order valence-electron chi connectivity index (χ1n) is 23.1. The van der Waals surface area contributed by atoms with Gasteiger partial charge in [-0.3, -0.25) is 28.8 Å². The number of hydrogen-bond acceptors (Lipinski definition) is 11. The second-order valence-electron chi connectivity index (χ2n) is 15.5. The zero-order valence-corrected chi connectivity index (χ0v) is 36.9. The van der Waals surface area contributed by atoms with Gasteiger partial charge in [0.05, 0.1) is 0 Å². The van der Waals surface area contributed by atoms with E-state index < -0.39 is 67.2 Å². The highest BCUT2D eigenvalue weighted by Gasteiger charge is 2.41. The first-order chi connectivity index (χ1) is 27.6. The Morgan fingerprint density at radius 3 is 1.00 bits per heavy atom. The minimum Gasteiger partial charge on any atom is -0.462 e. The maximum Gasteiger partial charge on any atom is 0.306 e. The fourth-order valence-corrected chi connectivity index (χ4v) is 6.36. The molecule has 11 nitrogen and oxygen atoms in total. The molecule has 0 bridgehead atoms. The van der Waals surface area contributed by atoms with E-state index in [4.69, 9.17) is 23.7 Å². The van der Waals surface area contributed by atoms with Crippen molar-refractivity contribution in [3.63, 3.8) is 0 Å². The summed E-state index contributed by atoms with van der Waals surface area (Å²) in [6.45, 7) is 9.38. The molecule has 0 amide bonds. The molecular formula is C46H82O11. The lowest BCUT2D eigenvalue weighted by Gasteiger charge is -2.28. The Hall–Kier alpha value is -2.98. The van der Waals surface area contributed by atoms with Gasteiger partial charge in [-0.2, -0.15) is 0 Å². The highest BCUT2D eigenvalue weighted by molar-refractivity contribution is 5.92. The maximum absolute atomic E-state index is 14.5. The van der Waals surface area contributed by atoms with Crippen LogP contribution in [-0.4, -0.2) is 67.2 Å². The van der Waals surface area contributed by atoms with Gasteiger partial charge < -0.3 is 23.7 Å². The highest BCUT2D eigenvalue weighted by atomic mass is 16.6. The summed E-state index contributed by atoms with van der Waals surface area (Å²) in [5.41, 5.74) is 0. The van der Waals surface area contributed by atoms with Crippen molar-refractivity contribution in [2.24, 2.45) is 0 Å². The first kappa shape index (κ1) is 54.0. The molecule has 0 N–H and O–H groups in total. The van der Waals surface area contributed by atoms with Crippen molar-refractivity contribution in [3.05, 3.63) is 0 Å². The number of rotatable bonds is 40. The van der Waals surface area contributed by atoms with Crippen LogP contribution in [0.2, 0.25) is 0 Å². The Balaban J connectivity index is 6.42. The van der Waals surface area contributed by atoms with Crippen molar-refractivity contribution in [1.29, 1.82) is 0 Å². The summed E-state index contributed by atoms with van der Waals surface area (Å²) in [6, 6.07) is 0. The Labute approximate surface area is 346 Å². The average Bonchev–Trinajstić information content (AvgIpc) is 3.19. The van der Waals surface area contributed by atoms with Gasteiger partial charge in [0.25, 0.3) is 0 Å². The number of carbonyl (C=O) groups excluding carboxylic acids is 6. The molecule has 0 rings (SSSR count). The highest BCUT2D eigenvalue weighted by Crippen LogP contribution is 2.19. The number of Topliss-reactive ketones (excluding diaryl/α,β-unsaturated/α-hetero) is 1. The van der Waals surface area contributed by atoms with E-state index in [1.54, 1.807) is 0 Å². The minimum absolute atomic E-state index is 0.0123. The predicted molar refractivity (Wildman–Crippen MR) is 223 cm³/mol. The van der Waals surface area contributed by atoms with Crippen LogP contribution < -0.4 is 0 Å². The summed E-state index contributed by atoms with van der Waals surface area (Å²) in [6.07, 6.45) is 17.9. The van der Waals surface area contributed by atoms with Gasteiger partial charge in [-0.05, 0) is 32.1 Å². The third-order valence-corrected chi connectivity index (χ3v) is 9.98. The number of carbonyl (C=O) groups is 6. The third-order valence-electron chi connectivity index (χ3n) is 9.98. The van der Waals surface area contributed by atoms with E-state index in [1.165, 1.54) is 0 Å². The van der Waals surface area contributed by atoms with Crippen LogP contribution in [0, 0.1) is 0 Å². The second-order valence-corrected chi connectivity index (χ2v) is 15.5. The molecule has 0 aliphatic rings. The summed E-state index contributed by atoms with van der Waals surface area (Å²) >= 11 is 0. The zero-order chi connectivity index (χ0) is 42.4. The van der Waals surface area contributed by atoms with E-state index in [9.17, 15) is 28.8 Å². The SMILES string of the molecule is CCCCCCCC(=O)OC[C@@H](OC(=O)CCCCCCC)C(=O)[C@H](OC(=O)CCCCCCC)[C@@H](COC(=O)CCCCCCC)OC(=O)CCCCCCC. The molecule has 0 saturated carbocycles. The molecule has 0 spiro atoms. The van der Waals surface area contributed by atoms with Crippen LogP contribution in [0.1, 0.15) is 227 Å². The van der Waals surface area contributed by atoms with E-state index in [0.29, 0.717) is 32.1 Å². The summed E-state index contributed by atoms with van der Waals surface area (Å²) in [5.74, 6) is -3.95. The molecular weight excluding hydrogens is 728 g/mol. The lowest BCUT2D eigenvalue weighted by Crippen LogP contribution is -2.50. The summed E-state index contributed by atoms with van der Waals surface area (Å²) in [4.78, 5) is 79.8. The van der Waals surface area contributed by atoms with Gasteiger partial charge in [0.15, 0.2) is 12.2 Å². The lowest BCUT2D eigenvalue weighted by molar-refractivity contribution is -0.185. The Morgan fingerprint density at radius 1 is 0.333 bits per heavy atom. The fraction of sp³-hybridized carbons (Fsp3) is 0.870. The monoisotopic (exact) mass is 811 g/mol. The number of hydrogen-bond donors (Lipinski definition) is 0. The van der Waals surface area contributed by atoms with Crippen LogP contribution in [0.4, 0.5) is 0 Å². The number of unbranched alkanes of at least 4 members (excludes halogenated alkanes) is 20. The number of ketones is 1. The van der Waals surface area contributed by atoms with E-state index >= 15 is 0 Å². The molecule has 3 atom stereocenters. The lowest BCUT2D eigenvalue weighted by atomic mass is 10.0. The van der Waals surface area contributed by atoms with Crippen molar-refractivity contribution in [2.75, 3.05) is 13.2 Å². The van der Waals surface area contributed by atoms with Gasteiger partial charge in [0.2, 0.25) is 11.9 Å². The van der Waals surface area contributed by atoms with Gasteiger partial charge in [0, 0.05) is 32.1 Å². The topological polar surface area (TPSA) is 149 Å². The van der Waals surface area contributed by atoms with Crippen LogP contribution in [0.3, 0.4) is 0 Å². The van der Waals surface area contributed by atoms with Crippen LogP contribution in [0.5, 0.6) is 0 Å². The van der Waals surface area contributed by atoms with Crippen molar-refractivity contribution >= 4 is 35.6 Å². The Kier molecular flexibility index (Phi) is 36.5. The molecule has 332 valence electrons. The third kappa shape index (κ3) is 31.7. The molecule has 0 aromatic heterocycles. The molecule has 11 heteroatoms. The van der Waals surface area contributed by atoms with E-state index in [2.05, 4.69) is 34.6 Å². The molecule has 0 aromatic rings. The number of esters is 5. The van der Waals surface area contributed by atoms with Crippen LogP contribution in [-0.2, 0) is 52.5 Å². The molecule has 0 aliphatic heterocycles. The van der Waals surface area contributed by atoms with Crippen molar-refractivity contribution in [3.8, 4) is 0 Å². The van der Waals surface area contributed by atoms with Crippen LogP contribution >= 0.6 is 0 Å². The van der Waals surface area contributed by atoms with Crippen molar-refractivity contribution in [1.82, 2.24) is 0 Å². The maximum atomic E-state index is 14.5. The van der Waals surface area contributed by atoms with E-state index in [1.807, 2.05) is 0 Å². The quantitative estimate of drug-likeness (QED) is 0.0331. The van der Waals surface area contributed by atoms with Crippen molar-refractivity contribution < 1.29 is 52.5 Å². The molecule has 0 aromatic carbocycles. The zero-order valence-electron chi connectivity index (χ0n) is 36.9. The molecule has 0 saturated heterocycles. The average molecular weight is 811 g/mol.